The largest absolute Gasteiger partial charge is 0.485 e. The molecule has 3 heteroatoms. The third-order valence-electron chi connectivity index (χ3n) is 2.83. The first-order chi connectivity index (χ1) is 6.58. The predicted molar refractivity (Wildman–Crippen MR) is 56.5 cm³/mol. The fourth-order valence-electron chi connectivity index (χ4n) is 2.05. The molecule has 0 bridgehead atoms. The van der Waals surface area contributed by atoms with E-state index in [4.69, 9.17) is 9.47 Å². The normalized spacial score (nSPS) is 31.4. The second-order valence-corrected chi connectivity index (χ2v) is 5.28. The molecule has 2 aliphatic rings. The van der Waals surface area contributed by atoms with Crippen LogP contribution in [0.25, 0.3) is 0 Å². The topological polar surface area (TPSA) is 21.8 Å². The lowest BCUT2D eigenvalue weighted by atomic mass is 9.94. The Balaban J connectivity index is 2.11. The van der Waals surface area contributed by atoms with Gasteiger partial charge in [-0.2, -0.15) is 0 Å². The van der Waals surface area contributed by atoms with Crippen molar-refractivity contribution in [1.82, 2.24) is 0 Å². The van der Waals surface area contributed by atoms with Crippen molar-refractivity contribution in [3.63, 3.8) is 0 Å². The number of rotatable bonds is 0. The highest BCUT2D eigenvalue weighted by atomic mass is 79.9. The van der Waals surface area contributed by atoms with E-state index in [1.807, 2.05) is 12.1 Å². The van der Waals surface area contributed by atoms with Gasteiger partial charge in [-0.15, -0.1) is 0 Å². The highest BCUT2D eigenvalue weighted by molar-refractivity contribution is 9.10. The molecule has 74 valence electrons. The van der Waals surface area contributed by atoms with E-state index < -0.39 is 0 Å². The Hall–Kier alpha value is -0.540. The third kappa shape index (κ3) is 1.12. The van der Waals surface area contributed by atoms with Crippen LogP contribution in [0.4, 0.5) is 0 Å². The fourth-order valence-corrected chi connectivity index (χ4v) is 2.43. The molecular formula is C11H11BrO2. The van der Waals surface area contributed by atoms with Crippen molar-refractivity contribution in [2.24, 2.45) is 0 Å². The second-order valence-electron chi connectivity index (χ2n) is 4.36. The van der Waals surface area contributed by atoms with Gasteiger partial charge in [0.25, 0.3) is 0 Å². The van der Waals surface area contributed by atoms with Crippen molar-refractivity contribution in [2.45, 2.75) is 31.7 Å². The molecule has 1 aromatic carbocycles. The number of halogens is 1. The van der Waals surface area contributed by atoms with E-state index in [9.17, 15) is 0 Å². The third-order valence-corrected chi connectivity index (χ3v) is 3.32. The maximum atomic E-state index is 5.88. The van der Waals surface area contributed by atoms with Crippen LogP contribution in [0, 0.1) is 0 Å². The molecule has 2 aliphatic heterocycles. The van der Waals surface area contributed by atoms with Gasteiger partial charge in [0.1, 0.15) is 23.6 Å². The molecule has 3 rings (SSSR count). The molecule has 14 heavy (non-hydrogen) atoms. The fraction of sp³-hybridized carbons (Fsp3) is 0.455. The van der Waals surface area contributed by atoms with Crippen LogP contribution < -0.4 is 4.74 Å². The molecule has 2 atom stereocenters. The van der Waals surface area contributed by atoms with E-state index in [0.29, 0.717) is 0 Å². The lowest BCUT2D eigenvalue weighted by Crippen LogP contribution is -2.37. The van der Waals surface area contributed by atoms with Crippen molar-refractivity contribution in [3.05, 3.63) is 28.2 Å². The maximum Gasteiger partial charge on any atom is 0.132 e. The molecular weight excluding hydrogens is 244 g/mol. The number of epoxide rings is 1. The van der Waals surface area contributed by atoms with Gasteiger partial charge in [-0.3, -0.25) is 0 Å². The van der Waals surface area contributed by atoms with Crippen molar-refractivity contribution >= 4 is 15.9 Å². The van der Waals surface area contributed by atoms with Gasteiger partial charge < -0.3 is 9.47 Å². The molecule has 0 aliphatic carbocycles. The highest BCUT2D eigenvalue weighted by Gasteiger charge is 2.56. The molecule has 0 radical (unpaired) electrons. The zero-order valence-electron chi connectivity index (χ0n) is 8.08. The Bertz CT molecular complexity index is 400. The molecule has 0 saturated carbocycles. The smallest absolute Gasteiger partial charge is 0.132 e. The summed E-state index contributed by atoms with van der Waals surface area (Å²) in [5.41, 5.74) is 0.981. The molecule has 1 fully saturated rings. The van der Waals surface area contributed by atoms with E-state index in [-0.39, 0.29) is 17.8 Å². The monoisotopic (exact) mass is 254 g/mol. The van der Waals surface area contributed by atoms with E-state index in [0.717, 1.165) is 10.2 Å². The standard InChI is InChI=1S/C11H11BrO2/c1-11(2)10-9(13-10)7-5-6(12)3-4-8(7)14-11/h3-5,9-10H,1-2H3/t9-,10-/m0/s1. The SMILES string of the molecule is CC1(C)Oc2ccc(Br)cc2[C@@H]2O[C@@H]21. The average Bonchev–Trinajstić information content (AvgIpc) is 2.86. The van der Waals surface area contributed by atoms with Crippen LogP contribution >= 0.6 is 15.9 Å². The molecule has 2 heterocycles. The molecule has 0 N–H and O–H groups in total. The quantitative estimate of drug-likeness (QED) is 0.664. The lowest BCUT2D eigenvalue weighted by Gasteiger charge is -2.29. The Morgan fingerprint density at radius 2 is 2.14 bits per heavy atom. The van der Waals surface area contributed by atoms with Gasteiger partial charge in [-0.25, -0.2) is 0 Å². The first kappa shape index (κ1) is 8.74. The number of ether oxygens (including phenoxy) is 2. The average molecular weight is 255 g/mol. The van der Waals surface area contributed by atoms with Crippen LogP contribution in [0.5, 0.6) is 5.75 Å². The molecule has 2 nitrogen and oxygen atoms in total. The van der Waals surface area contributed by atoms with E-state index in [2.05, 4.69) is 35.8 Å². The van der Waals surface area contributed by atoms with Gasteiger partial charge in [0, 0.05) is 10.0 Å². The summed E-state index contributed by atoms with van der Waals surface area (Å²) in [4.78, 5) is 0. The van der Waals surface area contributed by atoms with Crippen LogP contribution in [0.15, 0.2) is 22.7 Å². The molecule has 0 aromatic heterocycles. The zero-order chi connectivity index (χ0) is 9.92. The van der Waals surface area contributed by atoms with Gasteiger partial charge in [-0.05, 0) is 32.0 Å². The summed E-state index contributed by atoms with van der Waals surface area (Å²) in [6.07, 6.45) is 0.468. The van der Waals surface area contributed by atoms with Gasteiger partial charge in [0.15, 0.2) is 0 Å². The minimum Gasteiger partial charge on any atom is -0.485 e. The summed E-state index contributed by atoms with van der Waals surface area (Å²) in [6, 6.07) is 6.08. The summed E-state index contributed by atoms with van der Waals surface area (Å²) in [7, 11) is 0. The molecule has 0 amide bonds. The summed E-state index contributed by atoms with van der Waals surface area (Å²) in [5, 5.41) is 0. The van der Waals surface area contributed by atoms with Crippen molar-refractivity contribution in [3.8, 4) is 5.75 Å². The van der Waals surface area contributed by atoms with Crippen LogP contribution in [-0.2, 0) is 4.74 Å². The second kappa shape index (κ2) is 2.52. The van der Waals surface area contributed by atoms with Crippen molar-refractivity contribution < 1.29 is 9.47 Å². The predicted octanol–water partition coefficient (Wildman–Crippen LogP) is 3.06. The summed E-state index contributed by atoms with van der Waals surface area (Å²) >= 11 is 3.45. The van der Waals surface area contributed by atoms with E-state index in [1.165, 1.54) is 5.56 Å². The minimum atomic E-state index is -0.189. The van der Waals surface area contributed by atoms with Crippen LogP contribution in [0.1, 0.15) is 25.5 Å². The Kier molecular flexibility index (Phi) is 1.58. The van der Waals surface area contributed by atoms with Gasteiger partial charge in [0.2, 0.25) is 0 Å². The van der Waals surface area contributed by atoms with E-state index in [1.54, 1.807) is 0 Å². The Morgan fingerprint density at radius 3 is 2.93 bits per heavy atom. The summed E-state index contributed by atoms with van der Waals surface area (Å²) < 4.78 is 12.6. The molecule has 1 aromatic rings. The first-order valence-corrected chi connectivity index (χ1v) is 5.51. The summed E-state index contributed by atoms with van der Waals surface area (Å²) in [6.45, 7) is 4.14. The van der Waals surface area contributed by atoms with Crippen LogP contribution in [-0.4, -0.2) is 11.7 Å². The summed E-state index contributed by atoms with van der Waals surface area (Å²) in [5.74, 6) is 0.956. The molecule has 0 unspecified atom stereocenters. The Morgan fingerprint density at radius 1 is 1.36 bits per heavy atom. The first-order valence-electron chi connectivity index (χ1n) is 4.72. The van der Waals surface area contributed by atoms with Crippen LogP contribution in [0.2, 0.25) is 0 Å². The van der Waals surface area contributed by atoms with Gasteiger partial charge in [-0.1, -0.05) is 15.9 Å². The van der Waals surface area contributed by atoms with Crippen molar-refractivity contribution in [2.75, 3.05) is 0 Å². The highest BCUT2D eigenvalue weighted by Crippen LogP contribution is 2.53. The lowest BCUT2D eigenvalue weighted by molar-refractivity contribution is 0.0725. The Labute approximate surface area is 91.3 Å². The number of hydrogen-bond acceptors (Lipinski definition) is 2. The van der Waals surface area contributed by atoms with Gasteiger partial charge in [0.05, 0.1) is 0 Å². The van der Waals surface area contributed by atoms with Crippen LogP contribution in [0.3, 0.4) is 0 Å². The number of benzene rings is 1. The maximum absolute atomic E-state index is 5.88. The zero-order valence-corrected chi connectivity index (χ0v) is 9.67. The minimum absolute atomic E-state index is 0.189. The van der Waals surface area contributed by atoms with Gasteiger partial charge >= 0.3 is 0 Å². The number of fused-ring (bicyclic) bond motifs is 3. The molecule has 0 spiro atoms. The van der Waals surface area contributed by atoms with Crippen molar-refractivity contribution in [1.29, 1.82) is 0 Å². The number of hydrogen-bond donors (Lipinski definition) is 0. The molecule has 1 saturated heterocycles. The van der Waals surface area contributed by atoms with E-state index >= 15 is 0 Å².